The Hall–Kier alpha value is -1.35. The van der Waals surface area contributed by atoms with Gasteiger partial charge in [0.2, 0.25) is 0 Å². The normalized spacial score (nSPS) is 16.0. The number of unbranched alkanes of at least 4 members (excludes halogenated alkanes) is 1. The number of nitrogens with zero attached hydrogens (tertiary/aromatic N) is 2. The Morgan fingerprint density at radius 3 is 2.60 bits per heavy atom. The van der Waals surface area contributed by atoms with Gasteiger partial charge in [-0.25, -0.2) is 0 Å². The van der Waals surface area contributed by atoms with Crippen LogP contribution in [0.15, 0.2) is 45.5 Å². The highest BCUT2D eigenvalue weighted by Gasteiger charge is 2.34. The lowest BCUT2D eigenvalue weighted by Gasteiger charge is -2.37. The van der Waals surface area contributed by atoms with Gasteiger partial charge in [-0.3, -0.25) is 9.79 Å². The van der Waals surface area contributed by atoms with Crippen LogP contribution in [0.5, 0.6) is 0 Å². The first kappa shape index (κ1) is 24.9. The van der Waals surface area contributed by atoms with Gasteiger partial charge >= 0.3 is 0 Å². The number of hydrogen-bond donors (Lipinski definition) is 2. The lowest BCUT2D eigenvalue weighted by atomic mass is 9.73. The van der Waals surface area contributed by atoms with Crippen molar-refractivity contribution < 1.29 is 0 Å². The maximum atomic E-state index is 11.9. The summed E-state index contributed by atoms with van der Waals surface area (Å²) in [5.74, 6) is 0.875. The van der Waals surface area contributed by atoms with Crippen molar-refractivity contribution in [3.63, 3.8) is 0 Å². The van der Waals surface area contributed by atoms with E-state index in [0.29, 0.717) is 0 Å². The smallest absolute Gasteiger partial charge is 0.250 e. The number of rotatable bonds is 8. The minimum atomic E-state index is 0. The molecule has 7 heteroatoms. The summed E-state index contributed by atoms with van der Waals surface area (Å²) in [7, 11) is 1.83. The summed E-state index contributed by atoms with van der Waals surface area (Å²) in [6, 6.07) is 9.90. The Morgan fingerprint density at radius 1 is 1.13 bits per heavy atom. The quantitative estimate of drug-likeness (QED) is 0.221. The Balaban J connectivity index is 0.00000320. The summed E-state index contributed by atoms with van der Waals surface area (Å²) in [5.41, 5.74) is 1.35. The van der Waals surface area contributed by atoms with Crippen LogP contribution in [0.4, 0.5) is 0 Å². The number of aliphatic imine (C=N–C) groups is 1. The highest BCUT2D eigenvalue weighted by Crippen LogP contribution is 2.41. The maximum absolute atomic E-state index is 11.9. The van der Waals surface area contributed by atoms with Crippen molar-refractivity contribution in [3.8, 4) is 0 Å². The summed E-state index contributed by atoms with van der Waals surface area (Å²) >= 11 is 1.88. The van der Waals surface area contributed by atoms with E-state index < -0.39 is 0 Å². The zero-order chi connectivity index (χ0) is 20.5. The topological polar surface area (TPSA) is 58.4 Å². The van der Waals surface area contributed by atoms with Crippen molar-refractivity contribution in [3.05, 3.63) is 56.6 Å². The molecule has 1 saturated carbocycles. The van der Waals surface area contributed by atoms with Crippen LogP contribution < -0.4 is 16.2 Å². The van der Waals surface area contributed by atoms with Crippen molar-refractivity contribution in [1.29, 1.82) is 0 Å². The Kier molecular flexibility index (Phi) is 10.4. The van der Waals surface area contributed by atoms with Crippen molar-refractivity contribution in [2.75, 3.05) is 20.1 Å². The third-order valence-electron chi connectivity index (χ3n) is 6.04. The number of guanidine groups is 1. The second-order valence-electron chi connectivity index (χ2n) is 8.03. The lowest BCUT2D eigenvalue weighted by molar-refractivity contribution is 0.296. The molecule has 1 aliphatic carbocycles. The van der Waals surface area contributed by atoms with Gasteiger partial charge in [-0.1, -0.05) is 31.4 Å². The third kappa shape index (κ3) is 6.57. The van der Waals surface area contributed by atoms with Gasteiger partial charge in [-0.2, -0.15) is 0 Å². The van der Waals surface area contributed by atoms with Crippen molar-refractivity contribution in [2.45, 2.75) is 63.8 Å². The minimum absolute atomic E-state index is 0. The SMILES string of the molecule is CN=C(NCCCCn1c(C)cccc1=O)NCC1(c2cccs2)CCCCC1.I. The predicted octanol–water partition coefficient (Wildman–Crippen LogP) is 4.68. The molecular formula is C23H35IN4OS. The molecule has 2 aromatic rings. The zero-order valence-corrected chi connectivity index (χ0v) is 21.3. The van der Waals surface area contributed by atoms with E-state index in [0.717, 1.165) is 44.1 Å². The average molecular weight is 543 g/mol. The molecule has 0 aliphatic heterocycles. The number of aromatic nitrogens is 1. The van der Waals surface area contributed by atoms with Crippen LogP contribution in [0, 0.1) is 6.92 Å². The van der Waals surface area contributed by atoms with Gasteiger partial charge in [0.1, 0.15) is 0 Å². The molecule has 166 valence electrons. The van der Waals surface area contributed by atoms with Gasteiger partial charge in [-0.05, 0) is 50.1 Å². The van der Waals surface area contributed by atoms with Crippen molar-refractivity contribution in [2.24, 2.45) is 4.99 Å². The minimum Gasteiger partial charge on any atom is -0.356 e. The molecule has 0 saturated heterocycles. The molecule has 3 rings (SSSR count). The first-order valence-corrected chi connectivity index (χ1v) is 11.7. The highest BCUT2D eigenvalue weighted by atomic mass is 127. The molecular weight excluding hydrogens is 507 g/mol. The molecule has 30 heavy (non-hydrogen) atoms. The average Bonchev–Trinajstić information content (AvgIpc) is 3.28. The Morgan fingerprint density at radius 2 is 1.93 bits per heavy atom. The maximum Gasteiger partial charge on any atom is 0.250 e. The number of hydrogen-bond acceptors (Lipinski definition) is 3. The van der Waals surface area contributed by atoms with Gasteiger partial charge in [0.25, 0.3) is 5.56 Å². The van der Waals surface area contributed by atoms with Gasteiger partial charge < -0.3 is 15.2 Å². The van der Waals surface area contributed by atoms with E-state index in [4.69, 9.17) is 0 Å². The molecule has 1 aliphatic rings. The molecule has 0 unspecified atom stereocenters. The Bertz CT molecular complexity index is 841. The second kappa shape index (κ2) is 12.5. The predicted molar refractivity (Wildman–Crippen MR) is 139 cm³/mol. The molecule has 1 fully saturated rings. The molecule has 0 aromatic carbocycles. The van der Waals surface area contributed by atoms with Crippen LogP contribution in [0.3, 0.4) is 0 Å². The fourth-order valence-electron chi connectivity index (χ4n) is 4.30. The van der Waals surface area contributed by atoms with Crippen LogP contribution in [0.25, 0.3) is 0 Å². The lowest BCUT2D eigenvalue weighted by Crippen LogP contribution is -2.46. The first-order chi connectivity index (χ1) is 14.1. The largest absolute Gasteiger partial charge is 0.356 e. The number of aryl methyl sites for hydroxylation is 1. The zero-order valence-electron chi connectivity index (χ0n) is 18.2. The number of pyridine rings is 1. The van der Waals surface area contributed by atoms with Crippen LogP contribution in [-0.2, 0) is 12.0 Å². The molecule has 2 N–H and O–H groups in total. The molecule has 2 heterocycles. The van der Waals surface area contributed by atoms with Crippen LogP contribution in [0.2, 0.25) is 0 Å². The van der Waals surface area contributed by atoms with Gasteiger partial charge in [0, 0.05) is 48.7 Å². The van der Waals surface area contributed by atoms with Gasteiger partial charge in [0.05, 0.1) is 0 Å². The van der Waals surface area contributed by atoms with Crippen LogP contribution in [0.1, 0.15) is 55.5 Å². The van der Waals surface area contributed by atoms with E-state index in [2.05, 4.69) is 33.1 Å². The fraction of sp³-hybridized carbons (Fsp3) is 0.565. The summed E-state index contributed by atoms with van der Waals surface area (Å²) in [6.45, 7) is 4.54. The van der Waals surface area contributed by atoms with Gasteiger partial charge in [-0.15, -0.1) is 35.3 Å². The first-order valence-electron chi connectivity index (χ1n) is 10.8. The van der Waals surface area contributed by atoms with Crippen LogP contribution >= 0.6 is 35.3 Å². The van der Waals surface area contributed by atoms with Crippen molar-refractivity contribution in [1.82, 2.24) is 15.2 Å². The number of halogens is 1. The summed E-state index contributed by atoms with van der Waals surface area (Å²) in [6.07, 6.45) is 8.44. The molecule has 5 nitrogen and oxygen atoms in total. The fourth-order valence-corrected chi connectivity index (χ4v) is 5.29. The summed E-state index contributed by atoms with van der Waals surface area (Å²) in [4.78, 5) is 17.9. The number of nitrogens with one attached hydrogen (secondary N) is 2. The molecule has 0 bridgehead atoms. The van der Waals surface area contributed by atoms with E-state index in [1.54, 1.807) is 6.07 Å². The van der Waals surface area contributed by atoms with E-state index in [9.17, 15) is 4.79 Å². The second-order valence-corrected chi connectivity index (χ2v) is 8.98. The third-order valence-corrected chi connectivity index (χ3v) is 7.16. The summed E-state index contributed by atoms with van der Waals surface area (Å²) in [5, 5.41) is 9.22. The molecule has 0 atom stereocenters. The molecule has 0 radical (unpaired) electrons. The van der Waals surface area contributed by atoms with E-state index >= 15 is 0 Å². The number of thiophene rings is 1. The highest BCUT2D eigenvalue weighted by molar-refractivity contribution is 14.0. The van der Waals surface area contributed by atoms with E-state index in [1.165, 1.54) is 37.0 Å². The van der Waals surface area contributed by atoms with Crippen LogP contribution in [-0.4, -0.2) is 30.7 Å². The van der Waals surface area contributed by atoms with Gasteiger partial charge in [0.15, 0.2) is 5.96 Å². The monoisotopic (exact) mass is 542 g/mol. The summed E-state index contributed by atoms with van der Waals surface area (Å²) < 4.78 is 1.85. The molecule has 0 amide bonds. The molecule has 2 aromatic heterocycles. The van der Waals surface area contributed by atoms with E-state index in [-0.39, 0.29) is 35.0 Å². The standard InChI is InChI=1S/C23H34N4OS.HI/c1-19-10-8-12-21(28)27(19)16-7-6-15-25-22(24-2)26-18-23(13-4-3-5-14-23)20-11-9-17-29-20;/h8-12,17H,3-7,13-16,18H2,1-2H3,(H2,24,25,26);1H. The van der Waals surface area contributed by atoms with Crippen molar-refractivity contribution >= 4 is 41.3 Å². The Labute approximate surface area is 201 Å². The molecule has 0 spiro atoms. The van der Waals surface area contributed by atoms with E-state index in [1.807, 2.05) is 42.0 Å².